The Morgan fingerprint density at radius 2 is 2.15 bits per heavy atom. The number of hydrogen-bond donors (Lipinski definition) is 2. The monoisotopic (exact) mass is 180 g/mol. The minimum absolute atomic E-state index is 0.134. The minimum Gasteiger partial charge on any atom is -0.398 e. The van der Waals surface area contributed by atoms with Gasteiger partial charge in [-0.2, -0.15) is 0 Å². The molecule has 0 aliphatic carbocycles. The van der Waals surface area contributed by atoms with Crippen molar-refractivity contribution >= 4 is 5.69 Å². The topological polar surface area (TPSA) is 61.3 Å². The maximum Gasteiger partial charge on any atom is 0.0656 e. The Hall–Kier alpha value is -1.06. The highest BCUT2D eigenvalue weighted by Crippen LogP contribution is 2.21. The molecule has 0 saturated carbocycles. The van der Waals surface area contributed by atoms with E-state index in [1.54, 1.807) is 7.11 Å². The summed E-state index contributed by atoms with van der Waals surface area (Å²) in [5.74, 6) is 0. The Morgan fingerprint density at radius 3 is 2.77 bits per heavy atom. The van der Waals surface area contributed by atoms with Gasteiger partial charge in [0.25, 0.3) is 0 Å². The van der Waals surface area contributed by atoms with Gasteiger partial charge in [-0.3, -0.25) is 0 Å². The second-order valence-corrected chi connectivity index (χ2v) is 3.14. The smallest absolute Gasteiger partial charge is 0.0656 e. The largest absolute Gasteiger partial charge is 0.398 e. The molecule has 3 heteroatoms. The van der Waals surface area contributed by atoms with Crippen molar-refractivity contribution in [2.24, 2.45) is 5.73 Å². The van der Waals surface area contributed by atoms with Gasteiger partial charge in [-0.1, -0.05) is 18.2 Å². The molecule has 1 unspecified atom stereocenters. The normalized spacial score (nSPS) is 12.8. The average Bonchev–Trinajstić information content (AvgIpc) is 2.10. The third kappa shape index (κ3) is 2.20. The number of ether oxygens (including phenoxy) is 1. The molecule has 0 bridgehead atoms. The fourth-order valence-corrected chi connectivity index (χ4v) is 1.30. The number of benzene rings is 1. The highest BCUT2D eigenvalue weighted by Gasteiger charge is 2.09. The fourth-order valence-electron chi connectivity index (χ4n) is 1.30. The zero-order chi connectivity index (χ0) is 9.84. The van der Waals surface area contributed by atoms with E-state index in [1.807, 2.05) is 25.1 Å². The summed E-state index contributed by atoms with van der Waals surface area (Å²) in [7, 11) is 1.63. The van der Waals surface area contributed by atoms with Gasteiger partial charge in [0.2, 0.25) is 0 Å². The van der Waals surface area contributed by atoms with Gasteiger partial charge < -0.3 is 16.2 Å². The van der Waals surface area contributed by atoms with Crippen LogP contribution in [-0.4, -0.2) is 13.7 Å². The number of hydrogen-bond acceptors (Lipinski definition) is 3. The van der Waals surface area contributed by atoms with Crippen LogP contribution >= 0.6 is 0 Å². The van der Waals surface area contributed by atoms with Gasteiger partial charge >= 0.3 is 0 Å². The first-order chi connectivity index (χ1) is 6.16. The zero-order valence-corrected chi connectivity index (χ0v) is 8.08. The molecule has 1 rings (SSSR count). The maximum absolute atomic E-state index is 5.88. The Labute approximate surface area is 78.7 Å². The summed E-state index contributed by atoms with van der Waals surface area (Å²) >= 11 is 0. The summed E-state index contributed by atoms with van der Waals surface area (Å²) in [5.41, 5.74) is 14.5. The molecule has 0 aromatic heterocycles. The van der Waals surface area contributed by atoms with Crippen LogP contribution in [-0.2, 0) is 4.74 Å². The Kier molecular flexibility index (Phi) is 3.28. The number of nitrogen functional groups attached to an aromatic ring is 1. The van der Waals surface area contributed by atoms with E-state index in [-0.39, 0.29) is 6.04 Å². The number of rotatable bonds is 3. The van der Waals surface area contributed by atoms with Crippen LogP contribution in [0.2, 0.25) is 0 Å². The van der Waals surface area contributed by atoms with E-state index in [0.29, 0.717) is 6.61 Å². The highest BCUT2D eigenvalue weighted by atomic mass is 16.5. The molecular weight excluding hydrogens is 164 g/mol. The summed E-state index contributed by atoms with van der Waals surface area (Å²) in [6.45, 7) is 2.46. The third-order valence-corrected chi connectivity index (χ3v) is 2.10. The molecule has 13 heavy (non-hydrogen) atoms. The second kappa shape index (κ2) is 4.25. The van der Waals surface area contributed by atoms with Crippen LogP contribution < -0.4 is 11.5 Å². The van der Waals surface area contributed by atoms with Crippen LogP contribution in [0.3, 0.4) is 0 Å². The Balaban J connectivity index is 2.93. The van der Waals surface area contributed by atoms with E-state index in [2.05, 4.69) is 0 Å². The van der Waals surface area contributed by atoms with E-state index < -0.39 is 0 Å². The lowest BCUT2D eigenvalue weighted by atomic mass is 10.0. The molecule has 0 radical (unpaired) electrons. The zero-order valence-electron chi connectivity index (χ0n) is 8.08. The van der Waals surface area contributed by atoms with E-state index in [4.69, 9.17) is 16.2 Å². The maximum atomic E-state index is 5.88. The van der Waals surface area contributed by atoms with Crippen molar-refractivity contribution in [2.75, 3.05) is 19.5 Å². The van der Waals surface area contributed by atoms with Crippen LogP contribution in [0.25, 0.3) is 0 Å². The van der Waals surface area contributed by atoms with Crippen LogP contribution in [0.1, 0.15) is 17.2 Å². The first kappa shape index (κ1) is 10.0. The van der Waals surface area contributed by atoms with E-state index in [0.717, 1.165) is 16.8 Å². The third-order valence-electron chi connectivity index (χ3n) is 2.10. The molecule has 0 heterocycles. The summed E-state index contributed by atoms with van der Waals surface area (Å²) in [5, 5.41) is 0. The second-order valence-electron chi connectivity index (χ2n) is 3.14. The standard InChI is InChI=1S/C10H16N2O/c1-7-4-3-5-8(10(7)12)9(11)6-13-2/h3-5,9H,6,11-12H2,1-2H3. The predicted molar refractivity (Wildman–Crippen MR) is 54.4 cm³/mol. The molecule has 0 aliphatic heterocycles. The van der Waals surface area contributed by atoms with Gasteiger partial charge in [-0.25, -0.2) is 0 Å². The van der Waals surface area contributed by atoms with Gasteiger partial charge in [-0.05, 0) is 18.1 Å². The van der Waals surface area contributed by atoms with E-state index in [9.17, 15) is 0 Å². The van der Waals surface area contributed by atoms with Crippen LogP contribution in [0.5, 0.6) is 0 Å². The number of methoxy groups -OCH3 is 1. The summed E-state index contributed by atoms with van der Waals surface area (Å²) < 4.78 is 4.97. The van der Waals surface area contributed by atoms with Gasteiger partial charge in [-0.15, -0.1) is 0 Å². The molecular formula is C10H16N2O. The molecule has 3 nitrogen and oxygen atoms in total. The van der Waals surface area contributed by atoms with Crippen molar-refractivity contribution in [3.63, 3.8) is 0 Å². The van der Waals surface area contributed by atoms with Crippen LogP contribution in [0.4, 0.5) is 5.69 Å². The van der Waals surface area contributed by atoms with Crippen molar-refractivity contribution in [1.29, 1.82) is 0 Å². The van der Waals surface area contributed by atoms with Crippen molar-refractivity contribution in [2.45, 2.75) is 13.0 Å². The minimum atomic E-state index is -0.134. The van der Waals surface area contributed by atoms with Crippen molar-refractivity contribution in [3.8, 4) is 0 Å². The average molecular weight is 180 g/mol. The molecule has 1 aromatic carbocycles. The lowest BCUT2D eigenvalue weighted by Crippen LogP contribution is -2.18. The quantitative estimate of drug-likeness (QED) is 0.687. The fraction of sp³-hybridized carbons (Fsp3) is 0.400. The van der Waals surface area contributed by atoms with Crippen LogP contribution in [0, 0.1) is 6.92 Å². The first-order valence-electron chi connectivity index (χ1n) is 4.26. The molecule has 72 valence electrons. The molecule has 0 aliphatic rings. The molecule has 1 aromatic rings. The molecule has 0 spiro atoms. The van der Waals surface area contributed by atoms with E-state index in [1.165, 1.54) is 0 Å². The Bertz CT molecular complexity index is 286. The van der Waals surface area contributed by atoms with Gasteiger partial charge in [0, 0.05) is 12.8 Å². The van der Waals surface area contributed by atoms with Gasteiger partial charge in [0.1, 0.15) is 0 Å². The van der Waals surface area contributed by atoms with Gasteiger partial charge in [0.15, 0.2) is 0 Å². The summed E-state index contributed by atoms with van der Waals surface area (Å²) in [6, 6.07) is 5.73. The summed E-state index contributed by atoms with van der Waals surface area (Å²) in [6.07, 6.45) is 0. The lowest BCUT2D eigenvalue weighted by molar-refractivity contribution is 0.181. The Morgan fingerprint density at radius 1 is 1.46 bits per heavy atom. The molecule has 4 N–H and O–H groups in total. The van der Waals surface area contributed by atoms with E-state index >= 15 is 0 Å². The summed E-state index contributed by atoms with van der Waals surface area (Å²) in [4.78, 5) is 0. The highest BCUT2D eigenvalue weighted by molar-refractivity contribution is 5.54. The van der Waals surface area contributed by atoms with Gasteiger partial charge in [0.05, 0.1) is 12.6 Å². The van der Waals surface area contributed by atoms with Crippen molar-refractivity contribution in [3.05, 3.63) is 29.3 Å². The lowest BCUT2D eigenvalue weighted by Gasteiger charge is -2.14. The number of aryl methyl sites for hydroxylation is 1. The van der Waals surface area contributed by atoms with Crippen molar-refractivity contribution < 1.29 is 4.74 Å². The number of nitrogens with two attached hydrogens (primary N) is 2. The molecule has 0 amide bonds. The molecule has 1 atom stereocenters. The number of anilines is 1. The SMILES string of the molecule is COCC(N)c1cccc(C)c1N. The van der Waals surface area contributed by atoms with Crippen molar-refractivity contribution in [1.82, 2.24) is 0 Å². The first-order valence-corrected chi connectivity index (χ1v) is 4.26. The van der Waals surface area contributed by atoms with Crippen LogP contribution in [0.15, 0.2) is 18.2 Å². The molecule has 0 saturated heterocycles. The number of para-hydroxylation sites is 1. The molecule has 0 fully saturated rings. The predicted octanol–water partition coefficient (Wildman–Crippen LogP) is 1.22.